The van der Waals surface area contributed by atoms with Crippen LogP contribution >= 0.6 is 0 Å². The normalized spacial score (nSPS) is 9.35. The van der Waals surface area contributed by atoms with Crippen molar-refractivity contribution in [3.63, 3.8) is 0 Å². The number of urea groups is 1. The van der Waals surface area contributed by atoms with Gasteiger partial charge in [0.05, 0.1) is 6.61 Å². The molecule has 0 aliphatic rings. The van der Waals surface area contributed by atoms with Crippen molar-refractivity contribution in [2.75, 3.05) is 26.3 Å². The summed E-state index contributed by atoms with van der Waals surface area (Å²) in [6.07, 6.45) is 7.52. The standard InChI is InChI=1S/C11H18N2O4/c1-2-3-4-5-6-12-11(16)13-7-8-17-9-10(14)15/h1H,3-9H2,(H,14,15)(H2,12,13,16). The molecule has 0 bridgehead atoms. The van der Waals surface area contributed by atoms with E-state index in [0.717, 1.165) is 12.8 Å². The van der Waals surface area contributed by atoms with Gasteiger partial charge in [0.25, 0.3) is 0 Å². The van der Waals surface area contributed by atoms with Gasteiger partial charge in [-0.3, -0.25) is 0 Å². The zero-order chi connectivity index (χ0) is 12.9. The van der Waals surface area contributed by atoms with Gasteiger partial charge in [-0.25, -0.2) is 9.59 Å². The fraction of sp³-hybridized carbons (Fsp3) is 0.636. The number of carboxylic acids is 1. The molecule has 0 radical (unpaired) electrons. The van der Waals surface area contributed by atoms with Crippen molar-refractivity contribution in [3.05, 3.63) is 0 Å². The number of hydrogen-bond donors (Lipinski definition) is 3. The Morgan fingerprint density at radius 3 is 2.59 bits per heavy atom. The number of ether oxygens (including phenoxy) is 1. The molecule has 0 aliphatic heterocycles. The SMILES string of the molecule is C#CCCCCNC(=O)NCCOCC(=O)O. The van der Waals surface area contributed by atoms with Crippen molar-refractivity contribution in [2.24, 2.45) is 0 Å². The minimum atomic E-state index is -1.03. The number of carbonyl (C=O) groups is 2. The number of hydrogen-bond acceptors (Lipinski definition) is 3. The Bertz CT molecular complexity index is 273. The minimum absolute atomic E-state index is 0.177. The Balaban J connectivity index is 3.24. The monoisotopic (exact) mass is 242 g/mol. The van der Waals surface area contributed by atoms with Gasteiger partial charge >= 0.3 is 12.0 Å². The number of terminal acetylenes is 1. The number of unbranched alkanes of at least 4 members (excludes halogenated alkanes) is 2. The molecule has 96 valence electrons. The first kappa shape index (κ1) is 15.3. The summed E-state index contributed by atoms with van der Waals surface area (Å²) in [6.45, 7) is 0.680. The van der Waals surface area contributed by atoms with Gasteiger partial charge in [0, 0.05) is 19.5 Å². The van der Waals surface area contributed by atoms with E-state index < -0.39 is 5.97 Å². The molecule has 0 aromatic heterocycles. The van der Waals surface area contributed by atoms with E-state index in [1.54, 1.807) is 0 Å². The van der Waals surface area contributed by atoms with Crippen molar-refractivity contribution >= 4 is 12.0 Å². The zero-order valence-corrected chi connectivity index (χ0v) is 9.70. The molecule has 0 unspecified atom stereocenters. The molecule has 0 atom stereocenters. The maximum Gasteiger partial charge on any atom is 0.329 e. The maximum absolute atomic E-state index is 11.1. The Morgan fingerprint density at radius 1 is 1.24 bits per heavy atom. The van der Waals surface area contributed by atoms with Gasteiger partial charge in [0.1, 0.15) is 6.61 Å². The molecule has 6 nitrogen and oxygen atoms in total. The quantitative estimate of drug-likeness (QED) is 0.398. The number of carbonyl (C=O) groups excluding carboxylic acids is 1. The molecule has 0 aromatic rings. The van der Waals surface area contributed by atoms with Gasteiger partial charge in [-0.2, -0.15) is 0 Å². The van der Waals surface area contributed by atoms with Gasteiger partial charge in [0.2, 0.25) is 0 Å². The van der Waals surface area contributed by atoms with Crippen LogP contribution in [0.1, 0.15) is 19.3 Å². The van der Waals surface area contributed by atoms with E-state index in [4.69, 9.17) is 16.3 Å². The molecule has 0 heterocycles. The Labute approximate surface area is 101 Å². The van der Waals surface area contributed by atoms with Crippen LogP contribution in [-0.2, 0) is 9.53 Å². The fourth-order valence-corrected chi connectivity index (χ4v) is 1.01. The number of rotatable bonds is 9. The molecule has 0 saturated carbocycles. The van der Waals surface area contributed by atoms with Gasteiger partial charge in [0.15, 0.2) is 0 Å². The summed E-state index contributed by atoms with van der Waals surface area (Å²) in [5, 5.41) is 13.5. The molecule has 0 aromatic carbocycles. The van der Waals surface area contributed by atoms with Crippen LogP contribution < -0.4 is 10.6 Å². The van der Waals surface area contributed by atoms with Crippen molar-refractivity contribution in [1.82, 2.24) is 10.6 Å². The van der Waals surface area contributed by atoms with Crippen LogP contribution in [0, 0.1) is 12.3 Å². The number of aliphatic carboxylic acids is 1. The summed E-state index contributed by atoms with van der Waals surface area (Å²) in [5.41, 5.74) is 0. The second kappa shape index (κ2) is 10.8. The minimum Gasteiger partial charge on any atom is -0.480 e. The highest BCUT2D eigenvalue weighted by Crippen LogP contribution is 1.90. The number of nitrogens with one attached hydrogen (secondary N) is 2. The van der Waals surface area contributed by atoms with Crippen molar-refractivity contribution in [2.45, 2.75) is 19.3 Å². The molecule has 0 rings (SSSR count). The first-order valence-corrected chi connectivity index (χ1v) is 5.41. The molecule has 0 spiro atoms. The third-order valence-corrected chi connectivity index (χ3v) is 1.79. The third kappa shape index (κ3) is 12.2. The summed E-state index contributed by atoms with van der Waals surface area (Å²) < 4.78 is 4.74. The van der Waals surface area contributed by atoms with Gasteiger partial charge in [-0.05, 0) is 12.8 Å². The van der Waals surface area contributed by atoms with E-state index in [9.17, 15) is 9.59 Å². The van der Waals surface area contributed by atoms with Crippen LogP contribution in [0.25, 0.3) is 0 Å². The molecule has 3 N–H and O–H groups in total. The lowest BCUT2D eigenvalue weighted by Gasteiger charge is -2.06. The van der Waals surface area contributed by atoms with Crippen LogP contribution in [-0.4, -0.2) is 43.4 Å². The molecule has 0 fully saturated rings. The summed E-state index contributed by atoms with van der Waals surface area (Å²) in [6, 6.07) is -0.287. The van der Waals surface area contributed by atoms with Crippen molar-refractivity contribution in [3.8, 4) is 12.3 Å². The highest BCUT2D eigenvalue weighted by atomic mass is 16.5. The molecular weight excluding hydrogens is 224 g/mol. The third-order valence-electron chi connectivity index (χ3n) is 1.79. The van der Waals surface area contributed by atoms with Crippen LogP contribution in [0.15, 0.2) is 0 Å². The van der Waals surface area contributed by atoms with Crippen LogP contribution in [0.2, 0.25) is 0 Å². The van der Waals surface area contributed by atoms with Gasteiger partial charge in [-0.1, -0.05) is 0 Å². The Morgan fingerprint density at radius 2 is 1.94 bits per heavy atom. The van der Waals surface area contributed by atoms with E-state index in [1.807, 2.05) is 0 Å². The molecule has 0 aliphatic carbocycles. The van der Waals surface area contributed by atoms with E-state index in [-0.39, 0.29) is 25.8 Å². The smallest absolute Gasteiger partial charge is 0.329 e. The highest BCUT2D eigenvalue weighted by molar-refractivity contribution is 5.73. The molecule has 0 saturated heterocycles. The molecule has 6 heteroatoms. The first-order chi connectivity index (χ1) is 8.16. The second-order valence-electron chi connectivity index (χ2n) is 3.29. The van der Waals surface area contributed by atoms with Crippen LogP contribution in [0.5, 0.6) is 0 Å². The average Bonchev–Trinajstić information content (AvgIpc) is 2.28. The molecule has 17 heavy (non-hydrogen) atoms. The van der Waals surface area contributed by atoms with Crippen LogP contribution in [0.3, 0.4) is 0 Å². The lowest BCUT2D eigenvalue weighted by atomic mass is 10.2. The predicted octanol–water partition coefficient (Wildman–Crippen LogP) is 0.190. The Hall–Kier alpha value is -1.74. The number of amides is 2. The van der Waals surface area contributed by atoms with E-state index in [0.29, 0.717) is 13.0 Å². The highest BCUT2D eigenvalue weighted by Gasteiger charge is 1.99. The van der Waals surface area contributed by atoms with Crippen LogP contribution in [0.4, 0.5) is 4.79 Å². The summed E-state index contributed by atoms with van der Waals surface area (Å²) in [5.74, 6) is 1.50. The summed E-state index contributed by atoms with van der Waals surface area (Å²) >= 11 is 0. The summed E-state index contributed by atoms with van der Waals surface area (Å²) in [4.78, 5) is 21.2. The first-order valence-electron chi connectivity index (χ1n) is 5.41. The summed E-state index contributed by atoms with van der Waals surface area (Å²) in [7, 11) is 0. The fourth-order valence-electron chi connectivity index (χ4n) is 1.01. The zero-order valence-electron chi connectivity index (χ0n) is 9.70. The predicted molar refractivity (Wildman–Crippen MR) is 62.5 cm³/mol. The second-order valence-corrected chi connectivity index (χ2v) is 3.29. The van der Waals surface area contributed by atoms with Gasteiger partial charge < -0.3 is 20.5 Å². The lowest BCUT2D eigenvalue weighted by molar-refractivity contribution is -0.142. The topological polar surface area (TPSA) is 87.7 Å². The Kier molecular flexibility index (Phi) is 9.67. The lowest BCUT2D eigenvalue weighted by Crippen LogP contribution is -2.37. The average molecular weight is 242 g/mol. The van der Waals surface area contributed by atoms with Crippen molar-refractivity contribution < 1.29 is 19.4 Å². The van der Waals surface area contributed by atoms with E-state index in [1.165, 1.54) is 0 Å². The van der Waals surface area contributed by atoms with E-state index >= 15 is 0 Å². The number of carboxylic acid groups (broad SMARTS) is 1. The molecule has 2 amide bonds. The maximum atomic E-state index is 11.1. The van der Waals surface area contributed by atoms with Gasteiger partial charge in [-0.15, -0.1) is 12.3 Å². The van der Waals surface area contributed by atoms with Crippen molar-refractivity contribution in [1.29, 1.82) is 0 Å². The largest absolute Gasteiger partial charge is 0.480 e. The van der Waals surface area contributed by atoms with E-state index in [2.05, 4.69) is 16.6 Å². The molecular formula is C11H18N2O4.